The van der Waals surface area contributed by atoms with E-state index < -0.39 is 11.4 Å². The van der Waals surface area contributed by atoms with Gasteiger partial charge in [-0.05, 0) is 43.9 Å². The van der Waals surface area contributed by atoms with Gasteiger partial charge in [-0.25, -0.2) is 0 Å². The third-order valence-corrected chi connectivity index (χ3v) is 7.08. The number of carboxylic acids is 1. The van der Waals surface area contributed by atoms with Crippen LogP contribution in [0.25, 0.3) is 10.1 Å². The number of carbonyl (C=O) groups is 1. The van der Waals surface area contributed by atoms with E-state index in [0.29, 0.717) is 12.3 Å². The summed E-state index contributed by atoms with van der Waals surface area (Å²) in [5.41, 5.74) is 2.31. The lowest BCUT2D eigenvalue weighted by molar-refractivity contribution is -0.143. The Labute approximate surface area is 178 Å². The fourth-order valence-electron chi connectivity index (χ4n) is 3.95. The minimum Gasteiger partial charge on any atom is -0.481 e. The highest BCUT2D eigenvalue weighted by atomic mass is 32.1. The number of benzene rings is 2. The van der Waals surface area contributed by atoms with Crippen LogP contribution in [-0.4, -0.2) is 24.2 Å². The Morgan fingerprint density at radius 1 is 1.07 bits per heavy atom. The molecule has 0 bridgehead atoms. The summed E-state index contributed by atoms with van der Waals surface area (Å²) < 4.78 is 1.22. The van der Waals surface area contributed by atoms with Crippen molar-refractivity contribution in [1.82, 2.24) is 0 Å². The lowest BCUT2D eigenvalue weighted by atomic mass is 9.78. The van der Waals surface area contributed by atoms with Crippen molar-refractivity contribution in [2.45, 2.75) is 52.4 Å². The van der Waals surface area contributed by atoms with Crippen LogP contribution in [-0.2, 0) is 16.6 Å². The number of hydrogen-bond donors (Lipinski definition) is 1. The first-order chi connectivity index (χ1) is 13.8. The summed E-state index contributed by atoms with van der Waals surface area (Å²) in [6.45, 7) is 12.3. The van der Waals surface area contributed by atoms with Gasteiger partial charge in [-0.15, -0.1) is 11.3 Å². The average Bonchev–Trinajstić information content (AvgIpc) is 3.06. The zero-order valence-corrected chi connectivity index (χ0v) is 18.8. The molecule has 1 N–H and O–H groups in total. The van der Waals surface area contributed by atoms with Crippen molar-refractivity contribution in [3.05, 3.63) is 64.5 Å². The SMILES string of the molecule is CCN(CC)c1c(CC(C)(C(=O)O)c2ccc(C(C)C)cc2)sc2ccccc12. The van der Waals surface area contributed by atoms with Gasteiger partial charge in [-0.1, -0.05) is 56.3 Å². The van der Waals surface area contributed by atoms with Gasteiger partial charge in [-0.2, -0.15) is 0 Å². The van der Waals surface area contributed by atoms with Crippen molar-refractivity contribution in [3.8, 4) is 0 Å². The predicted molar refractivity (Wildman–Crippen MR) is 125 cm³/mol. The second-order valence-corrected chi connectivity index (χ2v) is 9.27. The maximum Gasteiger partial charge on any atom is 0.314 e. The van der Waals surface area contributed by atoms with Gasteiger partial charge in [0.05, 0.1) is 11.1 Å². The second-order valence-electron chi connectivity index (χ2n) is 8.13. The number of anilines is 1. The number of fused-ring (bicyclic) bond motifs is 1. The molecular formula is C25H31NO2S. The number of thiophene rings is 1. The van der Waals surface area contributed by atoms with Crippen LogP contribution in [0.2, 0.25) is 0 Å². The Kier molecular flexibility index (Phi) is 6.33. The highest BCUT2D eigenvalue weighted by molar-refractivity contribution is 7.19. The molecule has 3 rings (SSSR count). The van der Waals surface area contributed by atoms with Gasteiger partial charge in [0, 0.05) is 34.5 Å². The molecule has 0 aliphatic rings. The molecule has 1 unspecified atom stereocenters. The van der Waals surface area contributed by atoms with E-state index in [1.807, 2.05) is 19.1 Å². The summed E-state index contributed by atoms with van der Waals surface area (Å²) >= 11 is 1.72. The van der Waals surface area contributed by atoms with Gasteiger partial charge < -0.3 is 10.0 Å². The number of aliphatic carboxylic acids is 1. The standard InChI is InChI=1S/C25H31NO2S/c1-6-26(7-2)23-20-10-8-9-11-21(20)29-22(23)16-25(5,24(27)28)19-14-12-18(13-15-19)17(3)4/h8-15,17H,6-7,16H2,1-5H3,(H,27,28). The molecule has 29 heavy (non-hydrogen) atoms. The van der Waals surface area contributed by atoms with Crippen molar-refractivity contribution >= 4 is 33.1 Å². The number of hydrogen-bond acceptors (Lipinski definition) is 3. The van der Waals surface area contributed by atoms with Crippen molar-refractivity contribution in [1.29, 1.82) is 0 Å². The smallest absolute Gasteiger partial charge is 0.314 e. The molecule has 0 spiro atoms. The minimum absolute atomic E-state index is 0.428. The van der Waals surface area contributed by atoms with Gasteiger partial charge in [0.2, 0.25) is 0 Å². The zero-order chi connectivity index (χ0) is 21.2. The van der Waals surface area contributed by atoms with Crippen LogP contribution in [0, 0.1) is 0 Å². The van der Waals surface area contributed by atoms with Crippen molar-refractivity contribution in [2.24, 2.45) is 0 Å². The third kappa shape index (κ3) is 4.04. The molecule has 3 nitrogen and oxygen atoms in total. The molecule has 4 heteroatoms. The maximum atomic E-state index is 12.5. The molecule has 0 amide bonds. The molecule has 0 saturated carbocycles. The van der Waals surface area contributed by atoms with Crippen molar-refractivity contribution in [3.63, 3.8) is 0 Å². The molecule has 0 radical (unpaired) electrons. The van der Waals surface area contributed by atoms with Crippen LogP contribution in [0.3, 0.4) is 0 Å². The van der Waals surface area contributed by atoms with Crippen LogP contribution in [0.4, 0.5) is 5.69 Å². The molecule has 1 heterocycles. The third-order valence-electron chi connectivity index (χ3n) is 5.92. The van der Waals surface area contributed by atoms with Crippen molar-refractivity contribution in [2.75, 3.05) is 18.0 Å². The fraction of sp³-hybridized carbons (Fsp3) is 0.400. The fourth-order valence-corrected chi connectivity index (χ4v) is 5.33. The first kappa shape index (κ1) is 21.4. The molecule has 1 aromatic heterocycles. The summed E-state index contributed by atoms with van der Waals surface area (Å²) in [7, 11) is 0. The van der Waals surface area contributed by atoms with E-state index in [1.54, 1.807) is 11.3 Å². The summed E-state index contributed by atoms with van der Waals surface area (Å²) in [6.07, 6.45) is 0.481. The Balaban J connectivity index is 2.10. The van der Waals surface area contributed by atoms with E-state index in [9.17, 15) is 9.90 Å². The first-order valence-corrected chi connectivity index (χ1v) is 11.2. The number of nitrogens with zero attached hydrogens (tertiary/aromatic N) is 1. The van der Waals surface area contributed by atoms with Crippen LogP contribution in [0.5, 0.6) is 0 Å². The van der Waals surface area contributed by atoms with E-state index in [4.69, 9.17) is 0 Å². The topological polar surface area (TPSA) is 40.5 Å². The normalized spacial score (nSPS) is 13.6. The minimum atomic E-state index is -0.974. The van der Waals surface area contributed by atoms with Gasteiger partial charge >= 0.3 is 5.97 Å². The van der Waals surface area contributed by atoms with Crippen LogP contribution in [0.15, 0.2) is 48.5 Å². The summed E-state index contributed by atoms with van der Waals surface area (Å²) in [5.74, 6) is -0.352. The lowest BCUT2D eigenvalue weighted by Gasteiger charge is -2.28. The van der Waals surface area contributed by atoms with E-state index in [-0.39, 0.29) is 0 Å². The maximum absolute atomic E-state index is 12.5. The molecule has 3 aromatic rings. The number of carboxylic acid groups (broad SMARTS) is 1. The molecule has 154 valence electrons. The second kappa shape index (κ2) is 8.58. The molecule has 0 saturated heterocycles. The first-order valence-electron chi connectivity index (χ1n) is 10.4. The Hall–Kier alpha value is -2.33. The molecule has 0 aliphatic carbocycles. The van der Waals surface area contributed by atoms with Gasteiger partial charge in [0.1, 0.15) is 0 Å². The highest BCUT2D eigenvalue weighted by Crippen LogP contribution is 2.42. The molecule has 2 aromatic carbocycles. The Morgan fingerprint density at radius 3 is 2.24 bits per heavy atom. The van der Waals surface area contributed by atoms with E-state index in [1.165, 1.54) is 21.3 Å². The van der Waals surface area contributed by atoms with E-state index in [0.717, 1.165) is 23.5 Å². The van der Waals surface area contributed by atoms with Gasteiger partial charge in [0.15, 0.2) is 0 Å². The van der Waals surface area contributed by atoms with E-state index in [2.05, 4.69) is 69.0 Å². The predicted octanol–water partition coefficient (Wildman–Crippen LogP) is 6.46. The summed E-state index contributed by atoms with van der Waals surface area (Å²) in [5, 5.41) is 11.5. The Bertz CT molecular complexity index is 986. The highest BCUT2D eigenvalue weighted by Gasteiger charge is 2.37. The van der Waals surface area contributed by atoms with Crippen LogP contribution < -0.4 is 4.90 Å². The quantitative estimate of drug-likeness (QED) is 0.464. The van der Waals surface area contributed by atoms with Crippen LogP contribution >= 0.6 is 11.3 Å². The molecular weight excluding hydrogens is 378 g/mol. The largest absolute Gasteiger partial charge is 0.481 e. The molecule has 0 fully saturated rings. The zero-order valence-electron chi connectivity index (χ0n) is 18.0. The molecule has 1 atom stereocenters. The molecule has 0 aliphatic heterocycles. The monoisotopic (exact) mass is 409 g/mol. The van der Waals surface area contributed by atoms with Gasteiger partial charge in [0.25, 0.3) is 0 Å². The average molecular weight is 410 g/mol. The van der Waals surface area contributed by atoms with Crippen LogP contribution in [0.1, 0.15) is 56.5 Å². The Morgan fingerprint density at radius 2 is 1.69 bits per heavy atom. The van der Waals surface area contributed by atoms with E-state index >= 15 is 0 Å². The summed E-state index contributed by atoms with van der Waals surface area (Å²) in [4.78, 5) is 16.0. The lowest BCUT2D eigenvalue weighted by Crippen LogP contribution is -2.35. The van der Waals surface area contributed by atoms with Gasteiger partial charge in [-0.3, -0.25) is 4.79 Å². The summed E-state index contributed by atoms with van der Waals surface area (Å²) in [6, 6.07) is 16.5. The van der Waals surface area contributed by atoms with Crippen molar-refractivity contribution < 1.29 is 9.90 Å². The number of rotatable bonds is 8.